The average Bonchev–Trinajstić information content (AvgIpc) is 2.71. The second-order valence-electron chi connectivity index (χ2n) is 8.96. The number of halogens is 5. The molecule has 0 bridgehead atoms. The van der Waals surface area contributed by atoms with Crippen LogP contribution in [-0.2, 0) is 11.2 Å². The number of pyridine rings is 1. The number of benzene rings is 1. The zero-order valence-electron chi connectivity index (χ0n) is 18.8. The molecule has 2 unspecified atom stereocenters. The molecule has 0 saturated heterocycles. The maximum atomic E-state index is 14.1. The first-order valence-corrected chi connectivity index (χ1v) is 10.8. The van der Waals surface area contributed by atoms with E-state index in [0.717, 1.165) is 17.8 Å². The van der Waals surface area contributed by atoms with Crippen molar-refractivity contribution in [3.8, 4) is 0 Å². The lowest BCUT2D eigenvalue weighted by molar-refractivity contribution is -0.116. The Morgan fingerprint density at radius 2 is 1.79 bits per heavy atom. The first-order valence-electron chi connectivity index (χ1n) is 10.5. The number of alkyl halides is 3. The summed E-state index contributed by atoms with van der Waals surface area (Å²) in [7, 11) is 0. The smallest absolute Gasteiger partial charge is 0.431 e. The van der Waals surface area contributed by atoms with E-state index in [1.54, 1.807) is 52.0 Å². The van der Waals surface area contributed by atoms with Gasteiger partial charge in [0.05, 0.1) is 6.20 Å². The second kappa shape index (κ2) is 9.71. The van der Waals surface area contributed by atoms with E-state index in [9.17, 15) is 17.6 Å². The van der Waals surface area contributed by atoms with E-state index >= 15 is 0 Å². The molecule has 1 aliphatic heterocycles. The number of aromatic nitrogens is 1. The van der Waals surface area contributed by atoms with Crippen LogP contribution in [0.15, 0.2) is 59.5 Å². The third kappa shape index (κ3) is 6.69. The largest absolute Gasteiger partial charge is 0.472 e. The molecule has 2 atom stereocenters. The van der Waals surface area contributed by atoms with E-state index in [1.807, 2.05) is 0 Å². The first kappa shape index (κ1) is 25.0. The molecule has 178 valence electrons. The van der Waals surface area contributed by atoms with Crippen LogP contribution in [0, 0.1) is 5.82 Å². The minimum Gasteiger partial charge on any atom is -0.472 e. The zero-order chi connectivity index (χ0) is 24.4. The Labute approximate surface area is 195 Å². The van der Waals surface area contributed by atoms with Crippen molar-refractivity contribution in [2.45, 2.75) is 57.9 Å². The zero-order valence-corrected chi connectivity index (χ0v) is 19.6. The molecule has 9 heteroatoms. The van der Waals surface area contributed by atoms with Gasteiger partial charge in [-0.3, -0.25) is 4.98 Å². The van der Waals surface area contributed by atoms with Crippen molar-refractivity contribution < 1.29 is 22.3 Å². The van der Waals surface area contributed by atoms with Gasteiger partial charge in [0.1, 0.15) is 23.8 Å². The minimum atomic E-state index is -4.62. The van der Waals surface area contributed by atoms with Crippen LogP contribution < -0.4 is 0 Å². The Balaban J connectivity index is 1.97. The predicted octanol–water partition coefficient (Wildman–Crippen LogP) is 6.52. The number of nitrogens with zero attached hydrogens (tertiary/aromatic N) is 3. The van der Waals surface area contributed by atoms with E-state index in [4.69, 9.17) is 16.3 Å². The van der Waals surface area contributed by atoms with Crippen LogP contribution in [0.5, 0.6) is 0 Å². The van der Waals surface area contributed by atoms with Gasteiger partial charge in [0.15, 0.2) is 0 Å². The molecule has 1 aromatic carbocycles. The maximum Gasteiger partial charge on any atom is 0.431 e. The molecule has 0 radical (unpaired) electrons. The van der Waals surface area contributed by atoms with Gasteiger partial charge < -0.3 is 9.64 Å². The van der Waals surface area contributed by atoms with Crippen LogP contribution in [0.1, 0.15) is 44.7 Å². The van der Waals surface area contributed by atoms with Gasteiger partial charge in [-0.1, -0.05) is 23.7 Å². The van der Waals surface area contributed by atoms with Crippen molar-refractivity contribution in [1.29, 1.82) is 0 Å². The Morgan fingerprint density at radius 1 is 1.12 bits per heavy atom. The van der Waals surface area contributed by atoms with Gasteiger partial charge in [0, 0.05) is 29.3 Å². The van der Waals surface area contributed by atoms with Crippen LogP contribution in [-0.4, -0.2) is 40.3 Å². The molecule has 2 heterocycles. The van der Waals surface area contributed by atoms with E-state index < -0.39 is 35.3 Å². The summed E-state index contributed by atoms with van der Waals surface area (Å²) in [4.78, 5) is 9.32. The van der Waals surface area contributed by atoms with E-state index in [-0.39, 0.29) is 12.6 Å². The Hall–Kier alpha value is -2.61. The predicted molar refractivity (Wildman–Crippen MR) is 121 cm³/mol. The minimum absolute atomic E-state index is 0.0695. The highest BCUT2D eigenvalue weighted by Gasteiger charge is 2.43. The van der Waals surface area contributed by atoms with Crippen LogP contribution in [0.25, 0.3) is 0 Å². The molecule has 0 spiro atoms. The molecule has 0 amide bonds. The van der Waals surface area contributed by atoms with Crippen molar-refractivity contribution in [3.05, 3.63) is 76.5 Å². The van der Waals surface area contributed by atoms with Gasteiger partial charge in [-0.15, -0.1) is 0 Å². The van der Waals surface area contributed by atoms with Crippen LogP contribution in [0.4, 0.5) is 17.6 Å². The summed E-state index contributed by atoms with van der Waals surface area (Å²) in [6.07, 6.45) is -0.787. The number of hydrogen-bond acceptors (Lipinski definition) is 4. The Morgan fingerprint density at radius 3 is 2.36 bits per heavy atom. The van der Waals surface area contributed by atoms with Crippen LogP contribution >= 0.6 is 11.6 Å². The summed E-state index contributed by atoms with van der Waals surface area (Å²) in [5.41, 5.74) is -0.186. The molecule has 3 rings (SSSR count). The highest BCUT2D eigenvalue weighted by atomic mass is 35.5. The molecule has 0 saturated carbocycles. The molecule has 0 aliphatic carbocycles. The lowest BCUT2D eigenvalue weighted by Gasteiger charge is -2.39. The first-order chi connectivity index (χ1) is 15.3. The molecule has 33 heavy (non-hydrogen) atoms. The maximum absolute atomic E-state index is 14.1. The quantitative estimate of drug-likeness (QED) is 0.454. The lowest BCUT2D eigenvalue weighted by atomic mass is 9.86. The third-order valence-corrected chi connectivity index (χ3v) is 5.50. The van der Waals surface area contributed by atoms with Gasteiger partial charge in [-0.05, 0) is 63.4 Å². The third-order valence-electron chi connectivity index (χ3n) is 5.25. The molecular formula is C24H26ClF4N3O. The fourth-order valence-corrected chi connectivity index (χ4v) is 3.85. The SMILES string of the molecule is CC(C(Cc1ccc(Cl)cc1)c1cncc(F)c1)N1CN=C(OC(C)(C)C)C=C1C(F)(F)F. The topological polar surface area (TPSA) is 37.7 Å². The Bertz CT molecular complexity index is 1030. The van der Waals surface area contributed by atoms with Gasteiger partial charge >= 0.3 is 6.18 Å². The molecule has 1 aromatic heterocycles. The van der Waals surface area contributed by atoms with Crippen LogP contribution in [0.2, 0.25) is 5.02 Å². The van der Waals surface area contributed by atoms with E-state index in [2.05, 4.69) is 9.98 Å². The molecule has 4 nitrogen and oxygen atoms in total. The molecule has 0 N–H and O–H groups in total. The van der Waals surface area contributed by atoms with Crippen molar-refractivity contribution in [2.75, 3.05) is 6.67 Å². The highest BCUT2D eigenvalue weighted by molar-refractivity contribution is 6.30. The van der Waals surface area contributed by atoms with Crippen LogP contribution in [0.3, 0.4) is 0 Å². The van der Waals surface area contributed by atoms with E-state index in [0.29, 0.717) is 17.0 Å². The van der Waals surface area contributed by atoms with Crippen molar-refractivity contribution in [2.24, 2.45) is 4.99 Å². The van der Waals surface area contributed by atoms with E-state index in [1.165, 1.54) is 17.2 Å². The molecule has 0 fully saturated rings. The molecular weight excluding hydrogens is 458 g/mol. The number of hydrogen-bond donors (Lipinski definition) is 0. The summed E-state index contributed by atoms with van der Waals surface area (Å²) in [5, 5.41) is 0.551. The van der Waals surface area contributed by atoms with Gasteiger partial charge in [-0.2, -0.15) is 13.2 Å². The van der Waals surface area contributed by atoms with Crippen molar-refractivity contribution >= 4 is 17.5 Å². The number of ether oxygens (including phenoxy) is 1. The van der Waals surface area contributed by atoms with Gasteiger partial charge in [0.25, 0.3) is 0 Å². The highest BCUT2D eigenvalue weighted by Crippen LogP contribution is 2.37. The summed E-state index contributed by atoms with van der Waals surface area (Å²) in [6.45, 7) is 6.66. The number of allylic oxidation sites excluding steroid dienone is 1. The number of rotatable bonds is 5. The lowest BCUT2D eigenvalue weighted by Crippen LogP contribution is -2.44. The fourth-order valence-electron chi connectivity index (χ4n) is 3.73. The standard InChI is InChI=1S/C24H26ClF4N3O/c1-15(32-14-31-22(33-23(2,3)4)11-21(32)24(27,28)29)20(17-10-19(26)13-30-12-17)9-16-5-7-18(25)8-6-16/h5-8,10-13,15,20H,9,14H2,1-4H3. The molecule has 2 aromatic rings. The normalized spacial score (nSPS) is 16.7. The average molecular weight is 484 g/mol. The summed E-state index contributed by atoms with van der Waals surface area (Å²) in [6, 6.07) is 7.66. The summed E-state index contributed by atoms with van der Waals surface area (Å²) in [5.74, 6) is -1.12. The fraction of sp³-hybridized carbons (Fsp3) is 0.417. The van der Waals surface area contributed by atoms with Gasteiger partial charge in [-0.25, -0.2) is 9.38 Å². The summed E-state index contributed by atoms with van der Waals surface area (Å²) < 4.78 is 61.7. The monoisotopic (exact) mass is 483 g/mol. The van der Waals surface area contributed by atoms with Crippen molar-refractivity contribution in [3.63, 3.8) is 0 Å². The number of aliphatic imine (C=N–C) groups is 1. The Kier molecular flexibility index (Phi) is 7.36. The molecule has 1 aliphatic rings. The van der Waals surface area contributed by atoms with Crippen molar-refractivity contribution in [1.82, 2.24) is 9.88 Å². The second-order valence-corrected chi connectivity index (χ2v) is 9.40. The summed E-state index contributed by atoms with van der Waals surface area (Å²) >= 11 is 5.97. The van der Waals surface area contributed by atoms with Gasteiger partial charge in [0.2, 0.25) is 5.90 Å².